The molecule has 192 valence electrons. The van der Waals surface area contributed by atoms with Crippen LogP contribution < -0.4 is 11.3 Å². The maximum absolute atomic E-state index is 16.2. The molecule has 4 aromatic rings. The molecule has 37 heavy (non-hydrogen) atoms. The number of rotatable bonds is 4. The van der Waals surface area contributed by atoms with Crippen molar-refractivity contribution in [2.75, 3.05) is 5.73 Å². The lowest BCUT2D eigenvalue weighted by Crippen LogP contribution is -2.42. The third-order valence-corrected chi connectivity index (χ3v) is 8.96. The Kier molecular flexibility index (Phi) is 4.52. The van der Waals surface area contributed by atoms with Gasteiger partial charge in [0.15, 0.2) is 0 Å². The molecule has 4 saturated carbocycles. The Hall–Kier alpha value is -3.40. The number of hydrogen-bond acceptors (Lipinski definition) is 5. The largest absolute Gasteiger partial charge is 0.390 e. The van der Waals surface area contributed by atoms with E-state index < -0.39 is 28.8 Å². The topological polar surface area (TPSA) is 99.0 Å². The van der Waals surface area contributed by atoms with Crippen molar-refractivity contribution in [3.8, 4) is 11.3 Å². The number of aliphatic hydroxyl groups is 1. The molecule has 7 nitrogen and oxygen atoms in total. The van der Waals surface area contributed by atoms with Gasteiger partial charge in [-0.15, -0.1) is 0 Å². The standard InChI is InChI=1S/C27H26F3N5O2/c1-26(37)10-15(11-26)35-17-4-6-32-23(31)20(17)22(33-35)16-3-2-13-5-7-34(24(36)19(13)21(16)28)18-12-27(25(29)30)8-14(18)9-27/h2-7,14-15,18,25,37H,8-12H2,1H3,(H2,31,32)/t14?,15?,18-,26?,27?/m1/s1. The van der Waals surface area contributed by atoms with Gasteiger partial charge in [-0.25, -0.2) is 18.2 Å². The normalized spacial score (nSPS) is 30.7. The Labute approximate surface area is 209 Å². The smallest absolute Gasteiger partial charge is 0.261 e. The zero-order valence-corrected chi connectivity index (χ0v) is 20.2. The first-order valence-electron chi connectivity index (χ1n) is 12.6. The quantitative estimate of drug-likeness (QED) is 0.411. The minimum atomic E-state index is -2.42. The Balaban J connectivity index is 1.37. The summed E-state index contributed by atoms with van der Waals surface area (Å²) in [6.45, 7) is 1.76. The van der Waals surface area contributed by atoms with E-state index in [2.05, 4.69) is 4.98 Å². The molecule has 8 rings (SSSR count). The van der Waals surface area contributed by atoms with Crippen LogP contribution >= 0.6 is 0 Å². The molecule has 0 saturated heterocycles. The van der Waals surface area contributed by atoms with Crippen molar-refractivity contribution in [3.05, 3.63) is 52.8 Å². The molecule has 4 aliphatic carbocycles. The second kappa shape index (κ2) is 7.34. The van der Waals surface area contributed by atoms with Crippen LogP contribution in [0.25, 0.3) is 32.9 Å². The molecule has 1 aromatic carbocycles. The van der Waals surface area contributed by atoms with Gasteiger partial charge in [0.05, 0.1) is 27.9 Å². The summed E-state index contributed by atoms with van der Waals surface area (Å²) in [5.74, 6) is -0.528. The molecule has 3 aromatic heterocycles. The van der Waals surface area contributed by atoms with Gasteiger partial charge in [0.2, 0.25) is 6.43 Å². The summed E-state index contributed by atoms with van der Waals surface area (Å²) in [5.41, 5.74) is 4.96. The highest BCUT2D eigenvalue weighted by Gasteiger charge is 2.61. The number of anilines is 1. The summed E-state index contributed by atoms with van der Waals surface area (Å²) in [4.78, 5) is 17.7. The molecule has 4 aliphatic rings. The minimum Gasteiger partial charge on any atom is -0.390 e. The van der Waals surface area contributed by atoms with Crippen LogP contribution in [0.4, 0.5) is 19.0 Å². The lowest BCUT2D eigenvalue weighted by molar-refractivity contribution is -0.0529. The first-order chi connectivity index (χ1) is 17.6. The predicted molar refractivity (Wildman–Crippen MR) is 133 cm³/mol. The van der Waals surface area contributed by atoms with E-state index >= 15 is 4.39 Å². The maximum atomic E-state index is 16.2. The Morgan fingerprint density at radius 2 is 1.86 bits per heavy atom. The van der Waals surface area contributed by atoms with Crippen LogP contribution in [0.2, 0.25) is 0 Å². The average Bonchev–Trinajstić information content (AvgIpc) is 3.48. The van der Waals surface area contributed by atoms with Gasteiger partial charge in [0.25, 0.3) is 5.56 Å². The predicted octanol–water partition coefficient (Wildman–Crippen LogP) is 4.83. The number of aromatic nitrogens is 4. The fourth-order valence-electron chi connectivity index (χ4n) is 7.06. The van der Waals surface area contributed by atoms with Crippen LogP contribution in [0, 0.1) is 17.2 Å². The van der Waals surface area contributed by atoms with E-state index in [1.54, 1.807) is 48.3 Å². The molecular weight excluding hydrogens is 483 g/mol. The molecule has 2 bridgehead atoms. The summed E-state index contributed by atoms with van der Waals surface area (Å²) in [6, 6.07) is 6.23. The number of hydrogen-bond donors (Lipinski definition) is 2. The molecule has 0 spiro atoms. The lowest BCUT2D eigenvalue weighted by atomic mass is 9.70. The zero-order valence-electron chi connectivity index (χ0n) is 20.2. The number of halogens is 3. The van der Waals surface area contributed by atoms with E-state index in [-0.39, 0.29) is 46.9 Å². The van der Waals surface area contributed by atoms with Crippen LogP contribution in [0.15, 0.2) is 41.5 Å². The molecule has 0 aliphatic heterocycles. The number of pyridine rings is 2. The second-order valence-electron chi connectivity index (χ2n) is 11.5. The van der Waals surface area contributed by atoms with Crippen molar-refractivity contribution in [2.45, 2.75) is 63.1 Å². The second-order valence-corrected chi connectivity index (χ2v) is 11.5. The van der Waals surface area contributed by atoms with Crippen LogP contribution in [-0.4, -0.2) is 36.5 Å². The van der Waals surface area contributed by atoms with Gasteiger partial charge < -0.3 is 15.4 Å². The van der Waals surface area contributed by atoms with Gasteiger partial charge in [0.1, 0.15) is 17.3 Å². The van der Waals surface area contributed by atoms with E-state index in [9.17, 15) is 18.7 Å². The number of nitrogens with zero attached hydrogens (tertiary/aromatic N) is 4. The Bertz CT molecular complexity index is 1650. The third-order valence-electron chi connectivity index (χ3n) is 8.96. The summed E-state index contributed by atoms with van der Waals surface area (Å²) < 4.78 is 46.6. The zero-order chi connectivity index (χ0) is 25.9. The number of alkyl halides is 2. The first-order valence-corrected chi connectivity index (χ1v) is 12.6. The molecule has 4 fully saturated rings. The van der Waals surface area contributed by atoms with Gasteiger partial charge in [0, 0.05) is 29.4 Å². The van der Waals surface area contributed by atoms with Crippen molar-refractivity contribution in [1.82, 2.24) is 19.3 Å². The average molecular weight is 510 g/mol. The molecule has 0 radical (unpaired) electrons. The molecule has 0 unspecified atom stereocenters. The maximum Gasteiger partial charge on any atom is 0.261 e. The van der Waals surface area contributed by atoms with E-state index in [4.69, 9.17) is 10.8 Å². The first kappa shape index (κ1) is 22.8. The highest BCUT2D eigenvalue weighted by molar-refractivity contribution is 6.02. The van der Waals surface area contributed by atoms with Gasteiger partial charge in [-0.3, -0.25) is 9.48 Å². The number of benzene rings is 1. The molecular formula is C27H26F3N5O2. The highest BCUT2D eigenvalue weighted by Crippen LogP contribution is 2.65. The van der Waals surface area contributed by atoms with E-state index in [1.165, 1.54) is 4.57 Å². The van der Waals surface area contributed by atoms with Gasteiger partial charge in [-0.05, 0) is 68.5 Å². The Morgan fingerprint density at radius 1 is 1.11 bits per heavy atom. The summed E-state index contributed by atoms with van der Waals surface area (Å²) in [7, 11) is 0. The number of nitrogens with two attached hydrogens (primary N) is 1. The van der Waals surface area contributed by atoms with Crippen LogP contribution in [-0.2, 0) is 0 Å². The summed E-state index contributed by atoms with van der Waals surface area (Å²) in [5, 5.41) is 15.8. The molecule has 1 atom stereocenters. The van der Waals surface area contributed by atoms with Crippen molar-refractivity contribution >= 4 is 27.5 Å². The summed E-state index contributed by atoms with van der Waals surface area (Å²) in [6.07, 6.45) is 2.75. The molecule has 3 heterocycles. The number of nitrogen functional groups attached to an aromatic ring is 1. The SMILES string of the molecule is CC1(O)CC(n2nc(-c3ccc4ccn([C@@H]5CC6(C(F)F)CC5C6)c(=O)c4c3F)c3c(N)nccc32)C1. The van der Waals surface area contributed by atoms with E-state index in [0.29, 0.717) is 42.0 Å². The van der Waals surface area contributed by atoms with E-state index in [1.807, 2.05) is 0 Å². The van der Waals surface area contributed by atoms with Crippen LogP contribution in [0.5, 0.6) is 0 Å². The van der Waals surface area contributed by atoms with Crippen LogP contribution in [0.1, 0.15) is 51.1 Å². The minimum absolute atomic E-state index is 0.000551. The van der Waals surface area contributed by atoms with Crippen molar-refractivity contribution in [2.24, 2.45) is 11.3 Å². The Morgan fingerprint density at radius 3 is 2.54 bits per heavy atom. The third kappa shape index (κ3) is 3.08. The molecule has 0 amide bonds. The fourth-order valence-corrected chi connectivity index (χ4v) is 7.06. The number of fused-ring (bicyclic) bond motifs is 3. The van der Waals surface area contributed by atoms with E-state index in [0.717, 1.165) is 0 Å². The van der Waals surface area contributed by atoms with Gasteiger partial charge in [-0.1, -0.05) is 6.07 Å². The van der Waals surface area contributed by atoms with Crippen molar-refractivity contribution < 1.29 is 18.3 Å². The van der Waals surface area contributed by atoms with Gasteiger partial charge in [-0.2, -0.15) is 5.10 Å². The molecule has 10 heteroatoms. The summed E-state index contributed by atoms with van der Waals surface area (Å²) >= 11 is 0. The fraction of sp³-hybridized carbons (Fsp3) is 0.444. The van der Waals surface area contributed by atoms with Gasteiger partial charge >= 0.3 is 0 Å². The van der Waals surface area contributed by atoms with Crippen LogP contribution in [0.3, 0.4) is 0 Å². The van der Waals surface area contributed by atoms with Crippen molar-refractivity contribution in [1.29, 1.82) is 0 Å². The highest BCUT2D eigenvalue weighted by atomic mass is 19.3. The lowest BCUT2D eigenvalue weighted by Gasteiger charge is -2.41. The molecule has 3 N–H and O–H groups in total. The monoisotopic (exact) mass is 509 g/mol. The van der Waals surface area contributed by atoms with Crippen molar-refractivity contribution in [3.63, 3.8) is 0 Å².